The number of nitrogens with two attached hydrogens (primary N) is 1. The van der Waals surface area contributed by atoms with Gasteiger partial charge in [0.1, 0.15) is 5.82 Å². The van der Waals surface area contributed by atoms with Crippen molar-refractivity contribution in [2.45, 2.75) is 37.6 Å². The van der Waals surface area contributed by atoms with E-state index in [0.717, 1.165) is 31.2 Å². The van der Waals surface area contributed by atoms with E-state index in [9.17, 15) is 4.39 Å². The second kappa shape index (κ2) is 4.74. The zero-order chi connectivity index (χ0) is 13.3. The molecular formula is C14H16FN3O. The third-order valence-electron chi connectivity index (χ3n) is 3.67. The molecule has 1 saturated carbocycles. The van der Waals surface area contributed by atoms with Gasteiger partial charge in [-0.1, -0.05) is 30.1 Å². The van der Waals surface area contributed by atoms with Gasteiger partial charge in [0.15, 0.2) is 5.82 Å². The minimum atomic E-state index is -0.450. The molecule has 0 saturated heterocycles. The Bertz CT molecular complexity index is 558. The Morgan fingerprint density at radius 1 is 1.21 bits per heavy atom. The Morgan fingerprint density at radius 2 is 1.89 bits per heavy atom. The van der Waals surface area contributed by atoms with Gasteiger partial charge in [-0.3, -0.25) is 0 Å². The highest BCUT2D eigenvalue weighted by Gasteiger charge is 2.36. The molecule has 1 aromatic heterocycles. The van der Waals surface area contributed by atoms with E-state index in [1.54, 1.807) is 12.1 Å². The summed E-state index contributed by atoms with van der Waals surface area (Å²) in [4.78, 5) is 4.39. The maximum absolute atomic E-state index is 12.8. The fraction of sp³-hybridized carbons (Fsp3) is 0.429. The minimum Gasteiger partial charge on any atom is -0.337 e. The summed E-state index contributed by atoms with van der Waals surface area (Å²) in [5.74, 6) is 0.880. The normalized spacial score (nSPS) is 17.8. The highest BCUT2D eigenvalue weighted by atomic mass is 19.1. The van der Waals surface area contributed by atoms with Crippen LogP contribution in [0.3, 0.4) is 0 Å². The van der Waals surface area contributed by atoms with E-state index in [-0.39, 0.29) is 5.82 Å². The third-order valence-corrected chi connectivity index (χ3v) is 3.67. The number of rotatable bonds is 3. The fourth-order valence-electron chi connectivity index (χ4n) is 2.53. The summed E-state index contributed by atoms with van der Waals surface area (Å²) >= 11 is 0. The molecule has 4 nitrogen and oxygen atoms in total. The number of nitrogens with zero attached hydrogens (tertiary/aromatic N) is 2. The molecule has 0 unspecified atom stereocenters. The van der Waals surface area contributed by atoms with Gasteiger partial charge < -0.3 is 10.3 Å². The molecule has 0 atom stereocenters. The summed E-state index contributed by atoms with van der Waals surface area (Å²) in [5.41, 5.74) is 6.76. The molecule has 1 aliphatic rings. The fourth-order valence-corrected chi connectivity index (χ4v) is 2.53. The summed E-state index contributed by atoms with van der Waals surface area (Å²) < 4.78 is 18.1. The van der Waals surface area contributed by atoms with Gasteiger partial charge in [0.25, 0.3) is 0 Å². The van der Waals surface area contributed by atoms with E-state index >= 15 is 0 Å². The number of aromatic nitrogens is 2. The number of benzene rings is 1. The molecule has 5 heteroatoms. The first kappa shape index (κ1) is 12.3. The topological polar surface area (TPSA) is 64.9 Å². The lowest BCUT2D eigenvalue weighted by Gasteiger charge is -2.17. The van der Waals surface area contributed by atoms with Gasteiger partial charge in [-0.15, -0.1) is 0 Å². The van der Waals surface area contributed by atoms with Crippen LogP contribution in [0.5, 0.6) is 0 Å². The molecule has 1 aliphatic carbocycles. The molecule has 3 rings (SSSR count). The molecule has 0 amide bonds. The standard InChI is InChI=1S/C14H16FN3O/c15-11-5-3-10(4-6-11)9-12-17-13(19-18-12)14(16)7-1-2-8-14/h3-6H,1-2,7-9,16H2. The summed E-state index contributed by atoms with van der Waals surface area (Å²) in [6.07, 6.45) is 4.52. The Morgan fingerprint density at radius 3 is 2.58 bits per heavy atom. The highest BCUT2D eigenvalue weighted by Crippen LogP contribution is 2.35. The van der Waals surface area contributed by atoms with Crippen molar-refractivity contribution in [3.8, 4) is 0 Å². The second-order valence-corrected chi connectivity index (χ2v) is 5.18. The number of hydrogen-bond acceptors (Lipinski definition) is 4. The van der Waals surface area contributed by atoms with Crippen molar-refractivity contribution in [1.82, 2.24) is 10.1 Å². The van der Waals surface area contributed by atoms with Crippen LogP contribution in [0.15, 0.2) is 28.8 Å². The van der Waals surface area contributed by atoms with E-state index in [1.165, 1.54) is 12.1 Å². The van der Waals surface area contributed by atoms with Crippen molar-refractivity contribution in [3.63, 3.8) is 0 Å². The molecule has 2 aromatic rings. The Balaban J connectivity index is 1.76. The lowest BCUT2D eigenvalue weighted by Crippen LogP contribution is -2.33. The molecular weight excluding hydrogens is 245 g/mol. The first-order valence-electron chi connectivity index (χ1n) is 6.52. The Hall–Kier alpha value is -1.75. The maximum Gasteiger partial charge on any atom is 0.246 e. The van der Waals surface area contributed by atoms with Crippen LogP contribution in [0.1, 0.15) is 43.0 Å². The van der Waals surface area contributed by atoms with Crippen molar-refractivity contribution < 1.29 is 8.91 Å². The predicted octanol–water partition coefficient (Wildman–Crippen LogP) is 2.53. The molecule has 19 heavy (non-hydrogen) atoms. The SMILES string of the molecule is NC1(c2nc(Cc3ccc(F)cc3)no2)CCCC1. The van der Waals surface area contributed by atoms with Gasteiger partial charge in [-0.05, 0) is 30.5 Å². The first-order valence-corrected chi connectivity index (χ1v) is 6.52. The van der Waals surface area contributed by atoms with E-state index in [4.69, 9.17) is 10.3 Å². The summed E-state index contributed by atoms with van der Waals surface area (Å²) in [7, 11) is 0. The van der Waals surface area contributed by atoms with E-state index in [1.807, 2.05) is 0 Å². The van der Waals surface area contributed by atoms with Crippen LogP contribution in [0.4, 0.5) is 4.39 Å². The average Bonchev–Trinajstić information content (AvgIpc) is 3.02. The number of halogens is 1. The molecule has 2 N–H and O–H groups in total. The molecule has 0 bridgehead atoms. The van der Waals surface area contributed by atoms with Crippen LogP contribution < -0.4 is 5.73 Å². The van der Waals surface area contributed by atoms with E-state index < -0.39 is 5.54 Å². The first-order chi connectivity index (χ1) is 9.16. The summed E-state index contributed by atoms with van der Waals surface area (Å²) in [6, 6.07) is 6.30. The van der Waals surface area contributed by atoms with Gasteiger partial charge in [-0.2, -0.15) is 4.98 Å². The van der Waals surface area contributed by atoms with Crippen molar-refractivity contribution in [1.29, 1.82) is 0 Å². The largest absolute Gasteiger partial charge is 0.337 e. The van der Waals surface area contributed by atoms with Gasteiger partial charge >= 0.3 is 0 Å². The lowest BCUT2D eigenvalue weighted by atomic mass is 9.99. The predicted molar refractivity (Wildman–Crippen MR) is 67.8 cm³/mol. The lowest BCUT2D eigenvalue weighted by molar-refractivity contribution is 0.284. The third kappa shape index (κ3) is 2.51. The molecule has 100 valence electrons. The molecule has 0 radical (unpaired) electrons. The van der Waals surface area contributed by atoms with Crippen molar-refractivity contribution in [2.75, 3.05) is 0 Å². The molecule has 0 spiro atoms. The van der Waals surface area contributed by atoms with Crippen molar-refractivity contribution in [2.24, 2.45) is 5.73 Å². The smallest absolute Gasteiger partial charge is 0.246 e. The molecule has 0 aliphatic heterocycles. The van der Waals surface area contributed by atoms with Crippen LogP contribution in [-0.4, -0.2) is 10.1 Å². The van der Waals surface area contributed by atoms with Gasteiger partial charge in [0.2, 0.25) is 5.89 Å². The van der Waals surface area contributed by atoms with Gasteiger partial charge in [-0.25, -0.2) is 4.39 Å². The minimum absolute atomic E-state index is 0.246. The van der Waals surface area contributed by atoms with Crippen LogP contribution in [0.2, 0.25) is 0 Å². The second-order valence-electron chi connectivity index (χ2n) is 5.18. The van der Waals surface area contributed by atoms with Crippen LogP contribution in [0, 0.1) is 5.82 Å². The maximum atomic E-state index is 12.8. The average molecular weight is 261 g/mol. The van der Waals surface area contributed by atoms with Crippen LogP contribution in [0.25, 0.3) is 0 Å². The van der Waals surface area contributed by atoms with Crippen molar-refractivity contribution >= 4 is 0 Å². The highest BCUT2D eigenvalue weighted by molar-refractivity contribution is 5.20. The summed E-state index contributed by atoms with van der Waals surface area (Å²) in [5, 5.41) is 3.96. The van der Waals surface area contributed by atoms with Gasteiger partial charge in [0.05, 0.1) is 5.54 Å². The van der Waals surface area contributed by atoms with Crippen LogP contribution in [-0.2, 0) is 12.0 Å². The number of hydrogen-bond donors (Lipinski definition) is 1. The van der Waals surface area contributed by atoms with Crippen molar-refractivity contribution in [3.05, 3.63) is 47.4 Å². The summed E-state index contributed by atoms with van der Waals surface area (Å²) in [6.45, 7) is 0. The monoisotopic (exact) mass is 261 g/mol. The Kier molecular flexibility index (Phi) is 3.06. The van der Waals surface area contributed by atoms with Gasteiger partial charge in [0, 0.05) is 6.42 Å². The zero-order valence-corrected chi connectivity index (χ0v) is 10.6. The zero-order valence-electron chi connectivity index (χ0n) is 10.6. The molecule has 1 heterocycles. The van der Waals surface area contributed by atoms with Crippen LogP contribution >= 0.6 is 0 Å². The quantitative estimate of drug-likeness (QED) is 0.922. The molecule has 1 aromatic carbocycles. The Labute approximate surface area is 110 Å². The van der Waals surface area contributed by atoms with E-state index in [0.29, 0.717) is 18.1 Å². The van der Waals surface area contributed by atoms with E-state index in [2.05, 4.69) is 10.1 Å². The molecule has 1 fully saturated rings.